The molecule has 1 amide bonds. The summed E-state index contributed by atoms with van der Waals surface area (Å²) in [5.41, 5.74) is -0.906. The predicted molar refractivity (Wildman–Crippen MR) is 76.9 cm³/mol. The van der Waals surface area contributed by atoms with Gasteiger partial charge in [-0.15, -0.1) is 0 Å². The fourth-order valence-electron chi connectivity index (χ4n) is 2.10. The van der Waals surface area contributed by atoms with Gasteiger partial charge in [-0.05, 0) is 29.3 Å². The SMILES string of the molecule is CC1(NC(=O)c2cc(S(N)(=O)=O)c(Br)o2)CCS(=O)(=O)C1. The van der Waals surface area contributed by atoms with Crippen LogP contribution >= 0.6 is 15.9 Å². The second-order valence-electron chi connectivity index (χ2n) is 5.15. The lowest BCUT2D eigenvalue weighted by Gasteiger charge is -2.22. The van der Waals surface area contributed by atoms with Crippen LogP contribution in [0.25, 0.3) is 0 Å². The maximum atomic E-state index is 12.1. The van der Waals surface area contributed by atoms with Crippen molar-refractivity contribution in [1.29, 1.82) is 0 Å². The summed E-state index contributed by atoms with van der Waals surface area (Å²) in [5.74, 6) is -1.15. The smallest absolute Gasteiger partial charge is 0.287 e. The number of carbonyl (C=O) groups excluding carboxylic acids is 1. The molecule has 1 aliphatic rings. The first kappa shape index (κ1) is 16.5. The first-order valence-corrected chi connectivity index (χ1v) is 9.93. The van der Waals surface area contributed by atoms with Gasteiger partial charge in [0.05, 0.1) is 17.0 Å². The summed E-state index contributed by atoms with van der Waals surface area (Å²) in [6, 6.07) is 0.988. The van der Waals surface area contributed by atoms with E-state index in [1.165, 1.54) is 0 Å². The summed E-state index contributed by atoms with van der Waals surface area (Å²) in [7, 11) is -7.20. The van der Waals surface area contributed by atoms with Gasteiger partial charge in [-0.3, -0.25) is 4.79 Å². The lowest BCUT2D eigenvalue weighted by molar-refractivity contribution is 0.0885. The quantitative estimate of drug-likeness (QED) is 0.732. The van der Waals surface area contributed by atoms with Crippen LogP contribution in [0, 0.1) is 0 Å². The molecule has 0 spiro atoms. The summed E-state index contributed by atoms with van der Waals surface area (Å²) < 4.78 is 50.3. The highest BCUT2D eigenvalue weighted by Gasteiger charge is 2.40. The zero-order chi connectivity index (χ0) is 16.1. The van der Waals surface area contributed by atoms with Crippen molar-refractivity contribution in [3.63, 3.8) is 0 Å². The zero-order valence-electron chi connectivity index (χ0n) is 10.9. The number of nitrogens with one attached hydrogen (secondary N) is 1. The molecule has 1 atom stereocenters. The van der Waals surface area contributed by atoms with E-state index in [0.717, 1.165) is 6.07 Å². The summed E-state index contributed by atoms with van der Waals surface area (Å²) in [4.78, 5) is 11.7. The standard InChI is InChI=1S/C10H13BrN2O6S2/c1-10(2-3-20(15,16)5-10)13-9(14)6-4-7(8(11)19-6)21(12,17)18/h4H,2-3,5H2,1H3,(H,13,14)(H2,12,17,18). The molecule has 2 rings (SSSR count). The number of halogens is 1. The second kappa shape index (κ2) is 5.07. The molecule has 118 valence electrons. The van der Waals surface area contributed by atoms with Gasteiger partial charge in [0.2, 0.25) is 10.0 Å². The minimum Gasteiger partial charge on any atom is -0.443 e. The Kier molecular flexibility index (Phi) is 3.98. The molecule has 0 aliphatic carbocycles. The number of carbonyl (C=O) groups is 1. The number of sulfone groups is 1. The normalized spacial score (nSPS) is 24.9. The lowest BCUT2D eigenvalue weighted by atomic mass is 10.0. The van der Waals surface area contributed by atoms with E-state index >= 15 is 0 Å². The van der Waals surface area contributed by atoms with Crippen molar-refractivity contribution in [2.75, 3.05) is 11.5 Å². The molecule has 1 aliphatic heterocycles. The molecule has 1 aromatic heterocycles. The molecule has 11 heteroatoms. The Bertz CT molecular complexity index is 798. The van der Waals surface area contributed by atoms with Gasteiger partial charge >= 0.3 is 0 Å². The van der Waals surface area contributed by atoms with Gasteiger partial charge < -0.3 is 9.73 Å². The van der Waals surface area contributed by atoms with Crippen LogP contribution in [0.3, 0.4) is 0 Å². The van der Waals surface area contributed by atoms with Crippen molar-refractivity contribution >= 4 is 41.7 Å². The van der Waals surface area contributed by atoms with E-state index < -0.39 is 31.3 Å². The Balaban J connectivity index is 2.23. The number of amides is 1. The molecule has 0 radical (unpaired) electrons. The minimum atomic E-state index is -4.02. The fourth-order valence-corrected chi connectivity index (χ4v) is 5.70. The van der Waals surface area contributed by atoms with Gasteiger partial charge in [0.1, 0.15) is 4.90 Å². The third-order valence-corrected chi connectivity index (χ3v) is 6.78. The predicted octanol–water partition coefficient (Wildman–Crippen LogP) is -0.00350. The molecule has 0 bridgehead atoms. The molecule has 3 N–H and O–H groups in total. The molecule has 0 aromatic carbocycles. The van der Waals surface area contributed by atoms with Crippen LogP contribution in [-0.2, 0) is 19.9 Å². The molecule has 1 fully saturated rings. The summed E-state index contributed by atoms with van der Waals surface area (Å²) in [6.07, 6.45) is 0.283. The van der Waals surface area contributed by atoms with Crippen molar-refractivity contribution in [2.45, 2.75) is 23.8 Å². The average Bonchev–Trinajstić information content (AvgIpc) is 2.79. The maximum Gasteiger partial charge on any atom is 0.287 e. The Morgan fingerprint density at radius 3 is 2.57 bits per heavy atom. The van der Waals surface area contributed by atoms with E-state index in [1.807, 2.05) is 0 Å². The topological polar surface area (TPSA) is 137 Å². The van der Waals surface area contributed by atoms with Crippen molar-refractivity contribution in [2.24, 2.45) is 5.14 Å². The number of hydrogen-bond acceptors (Lipinski definition) is 6. The monoisotopic (exact) mass is 400 g/mol. The molecular weight excluding hydrogens is 388 g/mol. The Labute approximate surface area is 130 Å². The van der Waals surface area contributed by atoms with E-state index in [2.05, 4.69) is 21.2 Å². The molecule has 1 aromatic rings. The average molecular weight is 401 g/mol. The molecule has 8 nitrogen and oxygen atoms in total. The van der Waals surface area contributed by atoms with Crippen LogP contribution in [0.4, 0.5) is 0 Å². The van der Waals surface area contributed by atoms with Crippen LogP contribution < -0.4 is 10.5 Å². The largest absolute Gasteiger partial charge is 0.443 e. The third kappa shape index (κ3) is 3.65. The molecule has 1 unspecified atom stereocenters. The van der Waals surface area contributed by atoms with E-state index in [1.54, 1.807) is 6.92 Å². The Morgan fingerprint density at radius 2 is 2.14 bits per heavy atom. The summed E-state index contributed by atoms with van der Waals surface area (Å²) >= 11 is 2.86. The highest BCUT2D eigenvalue weighted by atomic mass is 79.9. The molecule has 0 saturated carbocycles. The number of primary sulfonamides is 1. The van der Waals surface area contributed by atoms with E-state index in [4.69, 9.17) is 9.56 Å². The first-order chi connectivity index (χ1) is 9.42. The maximum absolute atomic E-state index is 12.1. The highest BCUT2D eigenvalue weighted by Crippen LogP contribution is 2.27. The molecule has 2 heterocycles. The number of hydrogen-bond donors (Lipinski definition) is 2. The number of rotatable bonds is 3. The van der Waals surface area contributed by atoms with Crippen molar-refractivity contribution < 1.29 is 26.0 Å². The number of nitrogens with two attached hydrogens (primary N) is 1. The zero-order valence-corrected chi connectivity index (χ0v) is 14.1. The minimum absolute atomic E-state index is 0.00589. The number of furan rings is 1. The molecular formula is C10H13BrN2O6S2. The molecule has 21 heavy (non-hydrogen) atoms. The fraction of sp³-hybridized carbons (Fsp3) is 0.500. The summed E-state index contributed by atoms with van der Waals surface area (Å²) in [5, 5.41) is 7.52. The Morgan fingerprint density at radius 1 is 1.52 bits per heavy atom. The second-order valence-corrected chi connectivity index (χ2v) is 9.58. The van der Waals surface area contributed by atoms with Crippen LogP contribution in [0.2, 0.25) is 0 Å². The van der Waals surface area contributed by atoms with Gasteiger partial charge in [-0.1, -0.05) is 0 Å². The van der Waals surface area contributed by atoms with Crippen molar-refractivity contribution in [1.82, 2.24) is 5.32 Å². The van der Waals surface area contributed by atoms with Gasteiger partial charge in [0, 0.05) is 6.07 Å². The van der Waals surface area contributed by atoms with Crippen LogP contribution in [0.5, 0.6) is 0 Å². The van der Waals surface area contributed by atoms with Gasteiger partial charge in [-0.25, -0.2) is 22.0 Å². The highest BCUT2D eigenvalue weighted by molar-refractivity contribution is 9.10. The Hall–Kier alpha value is -0.910. The van der Waals surface area contributed by atoms with E-state index in [-0.39, 0.29) is 33.3 Å². The first-order valence-electron chi connectivity index (χ1n) is 5.77. The van der Waals surface area contributed by atoms with Gasteiger partial charge in [-0.2, -0.15) is 0 Å². The van der Waals surface area contributed by atoms with Crippen molar-refractivity contribution in [3.8, 4) is 0 Å². The van der Waals surface area contributed by atoms with E-state index in [0.29, 0.717) is 0 Å². The van der Waals surface area contributed by atoms with Crippen LogP contribution in [-0.4, -0.2) is 39.8 Å². The third-order valence-electron chi connectivity index (χ3n) is 3.10. The van der Waals surface area contributed by atoms with Crippen LogP contribution in [0.1, 0.15) is 23.9 Å². The van der Waals surface area contributed by atoms with Crippen molar-refractivity contribution in [3.05, 3.63) is 16.5 Å². The van der Waals surface area contributed by atoms with Crippen LogP contribution in [0.15, 0.2) is 20.0 Å². The lowest BCUT2D eigenvalue weighted by Crippen LogP contribution is -2.46. The summed E-state index contributed by atoms with van der Waals surface area (Å²) in [6.45, 7) is 1.61. The molecule has 1 saturated heterocycles. The van der Waals surface area contributed by atoms with Gasteiger partial charge in [0.15, 0.2) is 20.3 Å². The van der Waals surface area contributed by atoms with E-state index in [9.17, 15) is 21.6 Å². The number of sulfonamides is 1. The van der Waals surface area contributed by atoms with Gasteiger partial charge in [0.25, 0.3) is 5.91 Å².